The van der Waals surface area contributed by atoms with E-state index in [0.717, 1.165) is 22.0 Å². The van der Waals surface area contributed by atoms with Crippen LogP contribution < -0.4 is 5.73 Å². The first-order valence-electron chi connectivity index (χ1n) is 6.87. The van der Waals surface area contributed by atoms with Crippen LogP contribution >= 0.6 is 0 Å². The summed E-state index contributed by atoms with van der Waals surface area (Å²) < 4.78 is 0. The Labute approximate surface area is 123 Å². The van der Waals surface area contributed by atoms with Gasteiger partial charge in [-0.1, -0.05) is 43.3 Å². The monoisotopic (exact) mass is 279 g/mol. The van der Waals surface area contributed by atoms with Crippen molar-refractivity contribution >= 4 is 16.8 Å². The van der Waals surface area contributed by atoms with Gasteiger partial charge in [0.15, 0.2) is 0 Å². The van der Waals surface area contributed by atoms with E-state index in [4.69, 9.17) is 5.73 Å². The molecule has 0 aliphatic rings. The van der Waals surface area contributed by atoms with E-state index in [-0.39, 0.29) is 12.3 Å². The van der Waals surface area contributed by atoms with Crippen molar-refractivity contribution in [2.75, 3.05) is 0 Å². The molecule has 21 heavy (non-hydrogen) atoms. The van der Waals surface area contributed by atoms with Crippen molar-refractivity contribution < 1.29 is 4.79 Å². The Morgan fingerprint density at radius 1 is 1.19 bits per heavy atom. The molecule has 1 unspecified atom stereocenters. The number of hydrogen-bond donors (Lipinski definition) is 2. The highest BCUT2D eigenvalue weighted by molar-refractivity contribution is 5.81. The highest BCUT2D eigenvalue weighted by atomic mass is 16.1. The normalized spacial score (nSPS) is 14.0. The van der Waals surface area contributed by atoms with Gasteiger partial charge in [0.05, 0.1) is 11.7 Å². The number of H-pyrrole nitrogens is 1. The molecule has 106 valence electrons. The van der Waals surface area contributed by atoms with Crippen LogP contribution in [0.1, 0.15) is 24.5 Å². The van der Waals surface area contributed by atoms with E-state index in [1.165, 1.54) is 0 Å². The van der Waals surface area contributed by atoms with Crippen molar-refractivity contribution in [3.8, 4) is 0 Å². The molecule has 3 rings (SSSR count). The standard InChI is InChI=1S/C17H17N3O/c1-17(10-16(18)21,13-5-3-2-4-6-13)14-7-8-15-12(9-14)11-19-20-15/h2-9,11H,10H2,1H3,(H2,18,21)(H,19,20). The molecule has 3 aromatic rings. The van der Waals surface area contributed by atoms with Crippen molar-refractivity contribution in [2.45, 2.75) is 18.8 Å². The summed E-state index contributed by atoms with van der Waals surface area (Å²) in [5.41, 5.74) is 8.15. The Balaban J connectivity index is 2.16. The Hall–Kier alpha value is -2.62. The molecule has 1 aromatic heterocycles. The van der Waals surface area contributed by atoms with Gasteiger partial charge in [-0.05, 0) is 23.3 Å². The van der Waals surface area contributed by atoms with E-state index in [1.54, 1.807) is 6.20 Å². The maximum atomic E-state index is 11.6. The number of carbonyl (C=O) groups excluding carboxylic acids is 1. The van der Waals surface area contributed by atoms with E-state index in [1.807, 2.05) is 49.4 Å². The highest BCUT2D eigenvalue weighted by Crippen LogP contribution is 2.36. The second kappa shape index (κ2) is 5.05. The van der Waals surface area contributed by atoms with E-state index < -0.39 is 5.41 Å². The largest absolute Gasteiger partial charge is 0.370 e. The van der Waals surface area contributed by atoms with Gasteiger partial charge in [0.1, 0.15) is 0 Å². The predicted molar refractivity (Wildman–Crippen MR) is 82.8 cm³/mol. The second-order valence-corrected chi connectivity index (χ2v) is 5.51. The molecule has 2 aromatic carbocycles. The second-order valence-electron chi connectivity index (χ2n) is 5.51. The maximum Gasteiger partial charge on any atom is 0.218 e. The van der Waals surface area contributed by atoms with Gasteiger partial charge in [0.2, 0.25) is 5.91 Å². The van der Waals surface area contributed by atoms with Gasteiger partial charge in [0, 0.05) is 17.2 Å². The first-order chi connectivity index (χ1) is 10.1. The molecule has 0 saturated heterocycles. The molecule has 0 aliphatic heterocycles. The lowest BCUT2D eigenvalue weighted by atomic mass is 9.73. The van der Waals surface area contributed by atoms with Gasteiger partial charge in [0.25, 0.3) is 0 Å². The fourth-order valence-corrected chi connectivity index (χ4v) is 2.81. The number of carbonyl (C=O) groups is 1. The molecule has 4 nitrogen and oxygen atoms in total. The number of nitrogens with one attached hydrogen (secondary N) is 1. The molecule has 0 radical (unpaired) electrons. The molecule has 0 spiro atoms. The number of aromatic amines is 1. The maximum absolute atomic E-state index is 11.6. The van der Waals surface area contributed by atoms with Gasteiger partial charge >= 0.3 is 0 Å². The zero-order valence-corrected chi connectivity index (χ0v) is 11.8. The summed E-state index contributed by atoms with van der Waals surface area (Å²) in [6.45, 7) is 2.05. The number of nitrogens with zero attached hydrogens (tertiary/aromatic N) is 1. The van der Waals surface area contributed by atoms with Crippen LogP contribution in [0, 0.1) is 0 Å². The van der Waals surface area contributed by atoms with Crippen LogP contribution in [0.15, 0.2) is 54.7 Å². The zero-order valence-electron chi connectivity index (χ0n) is 11.8. The first kappa shape index (κ1) is 13.4. The Morgan fingerprint density at radius 3 is 2.67 bits per heavy atom. The number of rotatable bonds is 4. The minimum absolute atomic E-state index is 0.264. The molecule has 1 heterocycles. The van der Waals surface area contributed by atoms with Gasteiger partial charge in [-0.2, -0.15) is 5.10 Å². The number of benzene rings is 2. The predicted octanol–water partition coefficient (Wildman–Crippen LogP) is 2.74. The molecule has 0 fully saturated rings. The smallest absolute Gasteiger partial charge is 0.218 e. The third-order valence-corrected chi connectivity index (χ3v) is 4.02. The molecular weight excluding hydrogens is 262 g/mol. The summed E-state index contributed by atoms with van der Waals surface area (Å²) in [6.07, 6.45) is 2.05. The van der Waals surface area contributed by atoms with Gasteiger partial charge in [-0.25, -0.2) is 0 Å². The van der Waals surface area contributed by atoms with E-state index >= 15 is 0 Å². The average Bonchev–Trinajstić information content (AvgIpc) is 2.94. The number of aromatic nitrogens is 2. The average molecular weight is 279 g/mol. The van der Waals surface area contributed by atoms with Gasteiger partial charge < -0.3 is 5.73 Å². The molecule has 3 N–H and O–H groups in total. The fourth-order valence-electron chi connectivity index (χ4n) is 2.81. The topological polar surface area (TPSA) is 71.8 Å². The van der Waals surface area contributed by atoms with Crippen LogP contribution in [0.4, 0.5) is 0 Å². The first-order valence-corrected chi connectivity index (χ1v) is 6.87. The minimum atomic E-state index is -0.446. The molecular formula is C17H17N3O. The molecule has 1 atom stereocenters. The van der Waals surface area contributed by atoms with E-state index in [0.29, 0.717) is 0 Å². The van der Waals surface area contributed by atoms with Gasteiger partial charge in [-0.15, -0.1) is 0 Å². The van der Waals surface area contributed by atoms with E-state index in [2.05, 4.69) is 16.3 Å². The number of amides is 1. The van der Waals surface area contributed by atoms with Crippen molar-refractivity contribution in [1.82, 2.24) is 10.2 Å². The third-order valence-electron chi connectivity index (χ3n) is 4.02. The van der Waals surface area contributed by atoms with Crippen LogP contribution in [0.25, 0.3) is 10.9 Å². The Bertz CT molecular complexity index is 779. The van der Waals surface area contributed by atoms with Crippen molar-refractivity contribution in [2.24, 2.45) is 5.73 Å². The van der Waals surface area contributed by atoms with E-state index in [9.17, 15) is 4.79 Å². The minimum Gasteiger partial charge on any atom is -0.370 e. The fraction of sp³-hybridized carbons (Fsp3) is 0.176. The number of fused-ring (bicyclic) bond motifs is 1. The molecule has 4 heteroatoms. The lowest BCUT2D eigenvalue weighted by molar-refractivity contribution is -0.118. The molecule has 0 bridgehead atoms. The number of hydrogen-bond acceptors (Lipinski definition) is 2. The van der Waals surface area contributed by atoms with Crippen LogP contribution in [0.5, 0.6) is 0 Å². The summed E-state index contributed by atoms with van der Waals surface area (Å²) in [4.78, 5) is 11.6. The van der Waals surface area contributed by atoms with Crippen molar-refractivity contribution in [1.29, 1.82) is 0 Å². The highest BCUT2D eigenvalue weighted by Gasteiger charge is 2.31. The molecule has 0 aliphatic carbocycles. The summed E-state index contributed by atoms with van der Waals surface area (Å²) in [5, 5.41) is 8.01. The summed E-state index contributed by atoms with van der Waals surface area (Å²) in [6, 6.07) is 16.1. The van der Waals surface area contributed by atoms with Crippen molar-refractivity contribution in [3.05, 3.63) is 65.9 Å². The van der Waals surface area contributed by atoms with Crippen LogP contribution in [-0.2, 0) is 10.2 Å². The van der Waals surface area contributed by atoms with Crippen LogP contribution in [-0.4, -0.2) is 16.1 Å². The third kappa shape index (κ3) is 2.40. The van der Waals surface area contributed by atoms with Crippen LogP contribution in [0.3, 0.4) is 0 Å². The summed E-state index contributed by atoms with van der Waals surface area (Å²) in [7, 11) is 0. The number of primary amides is 1. The molecule has 1 amide bonds. The lowest BCUT2D eigenvalue weighted by Gasteiger charge is -2.30. The Kier molecular flexibility index (Phi) is 3.22. The van der Waals surface area contributed by atoms with Gasteiger partial charge in [-0.3, -0.25) is 9.89 Å². The number of nitrogens with two attached hydrogens (primary N) is 1. The lowest BCUT2D eigenvalue weighted by Crippen LogP contribution is -2.30. The molecule has 0 saturated carbocycles. The summed E-state index contributed by atoms with van der Waals surface area (Å²) in [5.74, 6) is -0.311. The zero-order chi connectivity index (χ0) is 14.9. The summed E-state index contributed by atoms with van der Waals surface area (Å²) >= 11 is 0. The SMILES string of the molecule is CC(CC(N)=O)(c1ccccc1)c1ccc2[nH]ncc2c1. The van der Waals surface area contributed by atoms with Crippen molar-refractivity contribution in [3.63, 3.8) is 0 Å². The quantitative estimate of drug-likeness (QED) is 0.770. The van der Waals surface area contributed by atoms with Crippen LogP contribution in [0.2, 0.25) is 0 Å². The Morgan fingerprint density at radius 2 is 1.95 bits per heavy atom.